The van der Waals surface area contributed by atoms with Gasteiger partial charge in [0, 0.05) is 6.42 Å². The van der Waals surface area contributed by atoms with Crippen LogP contribution in [0.3, 0.4) is 0 Å². The van der Waals surface area contributed by atoms with E-state index in [9.17, 15) is 9.90 Å². The molecule has 3 heteroatoms. The fraction of sp³-hybridized carbons (Fsp3) is 0.316. The normalized spacial score (nSPS) is 12.7. The summed E-state index contributed by atoms with van der Waals surface area (Å²) in [6.07, 6.45) is -0.542. The third-order valence-corrected chi connectivity index (χ3v) is 3.54. The molecule has 0 saturated heterocycles. The second-order valence-corrected chi connectivity index (χ2v) is 6.41. The first kappa shape index (κ1) is 16.1. The Morgan fingerprint density at radius 2 is 1.64 bits per heavy atom. The molecule has 0 unspecified atom stereocenters. The van der Waals surface area contributed by atoms with Crippen molar-refractivity contribution in [1.82, 2.24) is 0 Å². The van der Waals surface area contributed by atoms with Gasteiger partial charge in [0.2, 0.25) is 0 Å². The number of aliphatic carboxylic acids is 1. The van der Waals surface area contributed by atoms with E-state index in [1.165, 1.54) is 5.56 Å². The summed E-state index contributed by atoms with van der Waals surface area (Å²) in [7, 11) is 0. The highest BCUT2D eigenvalue weighted by Gasteiger charge is 2.20. The van der Waals surface area contributed by atoms with E-state index in [2.05, 4.69) is 20.8 Å². The number of hydrogen-bond donors (Lipinski definition) is 1. The van der Waals surface area contributed by atoms with E-state index in [1.54, 1.807) is 0 Å². The first-order valence-electron chi connectivity index (χ1n) is 7.40. The third-order valence-electron chi connectivity index (χ3n) is 3.54. The Hall–Kier alpha value is -2.29. The Morgan fingerprint density at radius 1 is 1.05 bits per heavy atom. The Balaban J connectivity index is 2.10. The minimum atomic E-state index is -0.955. The number of benzene rings is 2. The van der Waals surface area contributed by atoms with Crippen molar-refractivity contribution in [1.29, 1.82) is 0 Å². The molecule has 1 N–H and O–H groups in total. The molecule has 0 saturated carbocycles. The van der Waals surface area contributed by atoms with Gasteiger partial charge >= 0.3 is 5.97 Å². The fourth-order valence-electron chi connectivity index (χ4n) is 2.21. The minimum Gasteiger partial charge on any atom is -0.478 e. The largest absolute Gasteiger partial charge is 0.478 e. The van der Waals surface area contributed by atoms with Crippen molar-refractivity contribution in [3.8, 4) is 5.75 Å². The van der Waals surface area contributed by atoms with E-state index in [0.29, 0.717) is 12.2 Å². The molecular weight excluding hydrogens is 276 g/mol. The molecular formula is C19H22O3. The molecule has 0 aromatic heterocycles. The van der Waals surface area contributed by atoms with Crippen LogP contribution in [-0.2, 0) is 16.6 Å². The molecule has 2 aromatic rings. The second kappa shape index (κ2) is 6.65. The molecule has 0 bridgehead atoms. The first-order chi connectivity index (χ1) is 10.4. The lowest BCUT2D eigenvalue weighted by atomic mass is 9.87. The monoisotopic (exact) mass is 298 g/mol. The van der Waals surface area contributed by atoms with Gasteiger partial charge in [0.05, 0.1) is 0 Å². The van der Waals surface area contributed by atoms with E-state index in [1.807, 2.05) is 54.6 Å². The van der Waals surface area contributed by atoms with Crippen LogP contribution >= 0.6 is 0 Å². The quantitative estimate of drug-likeness (QED) is 0.905. The summed E-state index contributed by atoms with van der Waals surface area (Å²) in [4.78, 5) is 11.4. The van der Waals surface area contributed by atoms with Crippen molar-refractivity contribution in [2.75, 3.05) is 0 Å². The van der Waals surface area contributed by atoms with Gasteiger partial charge in [-0.3, -0.25) is 0 Å². The molecule has 0 fully saturated rings. The second-order valence-electron chi connectivity index (χ2n) is 6.41. The van der Waals surface area contributed by atoms with Crippen LogP contribution in [0.1, 0.15) is 31.9 Å². The van der Waals surface area contributed by atoms with Crippen LogP contribution in [0, 0.1) is 0 Å². The van der Waals surface area contributed by atoms with Gasteiger partial charge in [-0.15, -0.1) is 0 Å². The van der Waals surface area contributed by atoms with E-state index < -0.39 is 12.1 Å². The number of ether oxygens (including phenoxy) is 1. The molecule has 0 radical (unpaired) electrons. The maximum atomic E-state index is 11.4. The zero-order chi connectivity index (χ0) is 16.2. The molecule has 0 heterocycles. The van der Waals surface area contributed by atoms with Crippen molar-refractivity contribution >= 4 is 5.97 Å². The van der Waals surface area contributed by atoms with Crippen LogP contribution < -0.4 is 4.74 Å². The van der Waals surface area contributed by atoms with Crippen LogP contribution in [-0.4, -0.2) is 17.2 Å². The summed E-state index contributed by atoms with van der Waals surface area (Å²) < 4.78 is 5.65. The number of carbonyl (C=O) groups is 1. The number of hydrogen-bond acceptors (Lipinski definition) is 2. The van der Waals surface area contributed by atoms with Crippen molar-refractivity contribution in [3.05, 3.63) is 65.7 Å². The average molecular weight is 298 g/mol. The van der Waals surface area contributed by atoms with E-state index >= 15 is 0 Å². The number of rotatable bonds is 5. The smallest absolute Gasteiger partial charge is 0.345 e. The van der Waals surface area contributed by atoms with Crippen LogP contribution in [0.4, 0.5) is 0 Å². The summed E-state index contributed by atoms with van der Waals surface area (Å²) in [5.41, 5.74) is 2.20. The highest BCUT2D eigenvalue weighted by atomic mass is 16.5. The Labute approximate surface area is 131 Å². The lowest BCUT2D eigenvalue weighted by molar-refractivity contribution is -0.145. The SMILES string of the molecule is CC(C)(C)c1ccc(O[C@@H](Cc2ccccc2)C(=O)O)cc1. The summed E-state index contributed by atoms with van der Waals surface area (Å²) in [6.45, 7) is 6.41. The summed E-state index contributed by atoms with van der Waals surface area (Å²) in [5, 5.41) is 9.35. The predicted molar refractivity (Wildman–Crippen MR) is 87.3 cm³/mol. The summed E-state index contributed by atoms with van der Waals surface area (Å²) in [6, 6.07) is 17.1. The first-order valence-corrected chi connectivity index (χ1v) is 7.40. The van der Waals surface area contributed by atoms with Crippen molar-refractivity contribution < 1.29 is 14.6 Å². The lowest BCUT2D eigenvalue weighted by Crippen LogP contribution is -2.29. The van der Waals surface area contributed by atoms with Gasteiger partial charge < -0.3 is 9.84 Å². The van der Waals surface area contributed by atoms with Crippen LogP contribution in [0.5, 0.6) is 5.75 Å². The fourth-order valence-corrected chi connectivity index (χ4v) is 2.21. The molecule has 0 aliphatic rings. The van der Waals surface area contributed by atoms with Gasteiger partial charge in [-0.2, -0.15) is 0 Å². The topological polar surface area (TPSA) is 46.5 Å². The van der Waals surface area contributed by atoms with Gasteiger partial charge in [0.15, 0.2) is 6.10 Å². The Kier molecular flexibility index (Phi) is 4.86. The molecule has 0 spiro atoms. The van der Waals surface area contributed by atoms with Gasteiger partial charge in [0.1, 0.15) is 5.75 Å². The average Bonchev–Trinajstić information content (AvgIpc) is 2.47. The van der Waals surface area contributed by atoms with E-state index in [-0.39, 0.29) is 5.41 Å². The molecule has 0 aliphatic heterocycles. The van der Waals surface area contributed by atoms with Crippen molar-refractivity contribution in [2.24, 2.45) is 0 Å². The summed E-state index contributed by atoms with van der Waals surface area (Å²) >= 11 is 0. The minimum absolute atomic E-state index is 0.0643. The predicted octanol–water partition coefficient (Wildman–Crippen LogP) is 4.06. The highest BCUT2D eigenvalue weighted by molar-refractivity contribution is 5.73. The van der Waals surface area contributed by atoms with Crippen molar-refractivity contribution in [3.63, 3.8) is 0 Å². The third kappa shape index (κ3) is 4.35. The van der Waals surface area contributed by atoms with E-state index in [0.717, 1.165) is 5.56 Å². The maximum absolute atomic E-state index is 11.4. The van der Waals surface area contributed by atoms with Gasteiger partial charge in [-0.05, 0) is 28.7 Å². The number of carboxylic acids is 1. The van der Waals surface area contributed by atoms with Gasteiger partial charge in [-0.25, -0.2) is 4.79 Å². The maximum Gasteiger partial charge on any atom is 0.345 e. The zero-order valence-corrected chi connectivity index (χ0v) is 13.2. The van der Waals surface area contributed by atoms with Gasteiger partial charge in [-0.1, -0.05) is 63.2 Å². The summed E-state index contributed by atoms with van der Waals surface area (Å²) in [5.74, 6) is -0.375. The van der Waals surface area contributed by atoms with E-state index in [4.69, 9.17) is 4.74 Å². The standard InChI is InChI=1S/C19H22O3/c1-19(2,3)15-9-11-16(12-10-15)22-17(18(20)21)13-14-7-5-4-6-8-14/h4-12,17H,13H2,1-3H3,(H,20,21)/t17-/m0/s1. The lowest BCUT2D eigenvalue weighted by Gasteiger charge is -2.20. The highest BCUT2D eigenvalue weighted by Crippen LogP contribution is 2.25. The van der Waals surface area contributed by atoms with Gasteiger partial charge in [0.25, 0.3) is 0 Å². The molecule has 1 atom stereocenters. The molecule has 116 valence electrons. The van der Waals surface area contributed by atoms with Crippen LogP contribution in [0.15, 0.2) is 54.6 Å². The van der Waals surface area contributed by atoms with Crippen LogP contribution in [0.25, 0.3) is 0 Å². The molecule has 22 heavy (non-hydrogen) atoms. The molecule has 0 amide bonds. The molecule has 2 rings (SSSR count). The Bertz CT molecular complexity index is 609. The molecule has 0 aliphatic carbocycles. The molecule has 2 aromatic carbocycles. The van der Waals surface area contributed by atoms with Crippen molar-refractivity contribution in [2.45, 2.75) is 38.7 Å². The Morgan fingerprint density at radius 3 is 2.14 bits per heavy atom. The molecule has 3 nitrogen and oxygen atoms in total. The zero-order valence-electron chi connectivity index (χ0n) is 13.2. The van der Waals surface area contributed by atoms with Crippen LogP contribution in [0.2, 0.25) is 0 Å². The number of carboxylic acid groups (broad SMARTS) is 1.